The van der Waals surface area contributed by atoms with Gasteiger partial charge >= 0.3 is 0 Å². The molecule has 0 aliphatic carbocycles. The highest BCUT2D eigenvalue weighted by molar-refractivity contribution is 6.01. The summed E-state index contributed by atoms with van der Waals surface area (Å²) in [5.74, 6) is 0.0876. The number of amides is 2. The Morgan fingerprint density at radius 2 is 2.27 bits per heavy atom. The number of rotatable bonds is 2. The van der Waals surface area contributed by atoms with E-state index in [9.17, 15) is 14.7 Å². The highest BCUT2D eigenvalue weighted by Gasteiger charge is 2.27. The predicted molar refractivity (Wildman–Crippen MR) is 78.0 cm³/mol. The molecule has 2 atom stereocenters. The number of aliphatic hydroxyl groups excluding tert-OH is 1. The van der Waals surface area contributed by atoms with Crippen LogP contribution in [0.5, 0.6) is 5.75 Å². The van der Waals surface area contributed by atoms with Crippen LogP contribution in [-0.2, 0) is 9.53 Å². The number of nitrogens with one attached hydrogen (secondary N) is 1. The number of hydrogen-bond donors (Lipinski definition) is 2. The molecule has 0 saturated carbocycles. The molecule has 0 unspecified atom stereocenters. The number of fused-ring (bicyclic) bond motifs is 1. The van der Waals surface area contributed by atoms with E-state index >= 15 is 0 Å². The normalized spacial score (nSPS) is 24.5. The first-order valence-corrected chi connectivity index (χ1v) is 7.16. The fourth-order valence-corrected chi connectivity index (χ4v) is 2.53. The van der Waals surface area contributed by atoms with Crippen molar-refractivity contribution in [2.75, 3.05) is 31.8 Å². The maximum Gasteiger partial charge on any atom is 0.264 e. The van der Waals surface area contributed by atoms with Crippen LogP contribution in [0, 0.1) is 0 Å². The molecule has 2 N–H and O–H groups in total. The van der Waals surface area contributed by atoms with Crippen LogP contribution in [0.25, 0.3) is 0 Å². The summed E-state index contributed by atoms with van der Waals surface area (Å²) in [7, 11) is 1.64. The van der Waals surface area contributed by atoms with Gasteiger partial charge in [-0.05, 0) is 24.6 Å². The minimum absolute atomic E-state index is 0.000643. The quantitative estimate of drug-likeness (QED) is 0.798. The van der Waals surface area contributed by atoms with Crippen molar-refractivity contribution in [2.45, 2.75) is 18.6 Å². The molecule has 1 fully saturated rings. The van der Waals surface area contributed by atoms with Crippen molar-refractivity contribution >= 4 is 17.5 Å². The smallest absolute Gasteiger partial charge is 0.264 e. The number of nitrogens with zero attached hydrogens (tertiary/aromatic N) is 1. The summed E-state index contributed by atoms with van der Waals surface area (Å²) >= 11 is 0. The van der Waals surface area contributed by atoms with Crippen LogP contribution >= 0.6 is 0 Å². The van der Waals surface area contributed by atoms with Crippen LogP contribution in [0.3, 0.4) is 0 Å². The third-order valence-electron chi connectivity index (χ3n) is 3.94. The first-order chi connectivity index (χ1) is 10.6. The maximum atomic E-state index is 12.3. The highest BCUT2D eigenvalue weighted by atomic mass is 16.5. The second-order valence-corrected chi connectivity index (χ2v) is 5.43. The van der Waals surface area contributed by atoms with E-state index < -0.39 is 12.1 Å². The summed E-state index contributed by atoms with van der Waals surface area (Å²) in [6.45, 7) is 0.788. The molecule has 3 rings (SSSR count). The second-order valence-electron chi connectivity index (χ2n) is 5.43. The molecule has 2 heterocycles. The standard InChI is InChI=1S/C15H18N2O5/c1-17-11-6-9(2-3-13(11)22-8-14(17)19)15(20)16-10-7-21-5-4-12(10)18/h2-3,6,10,12,18H,4-5,7-8H2,1H3,(H,16,20)/t10-,12-/m1/s1. The number of ether oxygens (including phenoxy) is 2. The van der Waals surface area contributed by atoms with Crippen LogP contribution in [0.1, 0.15) is 16.8 Å². The fraction of sp³-hybridized carbons (Fsp3) is 0.467. The Balaban J connectivity index is 1.77. The van der Waals surface area contributed by atoms with E-state index in [-0.39, 0.29) is 18.4 Å². The summed E-state index contributed by atoms with van der Waals surface area (Å²) in [6.07, 6.45) is -0.108. The molecule has 7 nitrogen and oxygen atoms in total. The van der Waals surface area contributed by atoms with E-state index in [1.54, 1.807) is 25.2 Å². The Morgan fingerprint density at radius 3 is 3.05 bits per heavy atom. The number of benzene rings is 1. The Bertz CT molecular complexity index is 604. The molecule has 2 aliphatic rings. The van der Waals surface area contributed by atoms with Gasteiger partial charge in [0.25, 0.3) is 11.8 Å². The van der Waals surface area contributed by atoms with Crippen LogP contribution in [0.15, 0.2) is 18.2 Å². The van der Waals surface area contributed by atoms with Gasteiger partial charge in [-0.2, -0.15) is 0 Å². The minimum Gasteiger partial charge on any atom is -0.482 e. The minimum atomic E-state index is -0.608. The summed E-state index contributed by atoms with van der Waals surface area (Å²) in [5, 5.41) is 12.6. The molecular formula is C15H18N2O5. The third kappa shape index (κ3) is 2.77. The topological polar surface area (TPSA) is 88.1 Å². The van der Waals surface area contributed by atoms with Gasteiger partial charge in [0.15, 0.2) is 6.61 Å². The predicted octanol–water partition coefficient (Wildman–Crippen LogP) is -0.0786. The van der Waals surface area contributed by atoms with Crippen LogP contribution in [0.4, 0.5) is 5.69 Å². The summed E-state index contributed by atoms with van der Waals surface area (Å²) in [6, 6.07) is 4.49. The molecule has 118 valence electrons. The molecule has 7 heteroatoms. The molecule has 22 heavy (non-hydrogen) atoms. The van der Waals surface area contributed by atoms with E-state index in [0.29, 0.717) is 36.6 Å². The molecule has 2 aliphatic heterocycles. The van der Waals surface area contributed by atoms with E-state index in [1.807, 2.05) is 0 Å². The zero-order valence-electron chi connectivity index (χ0n) is 12.2. The van der Waals surface area contributed by atoms with E-state index in [0.717, 1.165) is 0 Å². The average molecular weight is 306 g/mol. The van der Waals surface area contributed by atoms with Crippen LogP contribution in [0.2, 0.25) is 0 Å². The molecule has 0 radical (unpaired) electrons. The molecule has 1 aromatic rings. The van der Waals surface area contributed by atoms with Gasteiger partial charge in [0.05, 0.1) is 24.4 Å². The average Bonchev–Trinajstić information content (AvgIpc) is 2.53. The van der Waals surface area contributed by atoms with Gasteiger partial charge in [-0.3, -0.25) is 9.59 Å². The maximum absolute atomic E-state index is 12.3. The number of aliphatic hydroxyl groups is 1. The largest absolute Gasteiger partial charge is 0.482 e. The van der Waals surface area contributed by atoms with Crippen molar-refractivity contribution in [3.05, 3.63) is 23.8 Å². The highest BCUT2D eigenvalue weighted by Crippen LogP contribution is 2.31. The Kier molecular flexibility index (Phi) is 4.00. The first-order valence-electron chi connectivity index (χ1n) is 7.16. The molecular weight excluding hydrogens is 288 g/mol. The van der Waals surface area contributed by atoms with E-state index in [2.05, 4.69) is 5.32 Å². The van der Waals surface area contributed by atoms with Gasteiger partial charge in [-0.15, -0.1) is 0 Å². The lowest BCUT2D eigenvalue weighted by Crippen LogP contribution is -2.49. The molecule has 0 spiro atoms. The van der Waals surface area contributed by atoms with Gasteiger partial charge in [0, 0.05) is 19.2 Å². The van der Waals surface area contributed by atoms with Crippen LogP contribution < -0.4 is 15.0 Å². The van der Waals surface area contributed by atoms with Crippen molar-refractivity contribution < 1.29 is 24.2 Å². The van der Waals surface area contributed by atoms with Gasteiger partial charge in [-0.1, -0.05) is 0 Å². The van der Waals surface area contributed by atoms with E-state index in [1.165, 1.54) is 4.90 Å². The Hall–Kier alpha value is -2.12. The number of likely N-dealkylation sites (N-methyl/N-ethyl adjacent to an activating group) is 1. The lowest BCUT2D eigenvalue weighted by molar-refractivity contribution is -0.120. The van der Waals surface area contributed by atoms with Crippen molar-refractivity contribution in [2.24, 2.45) is 0 Å². The molecule has 0 aromatic heterocycles. The second kappa shape index (κ2) is 5.94. The zero-order valence-corrected chi connectivity index (χ0v) is 12.2. The van der Waals surface area contributed by atoms with Gasteiger partial charge in [-0.25, -0.2) is 0 Å². The van der Waals surface area contributed by atoms with E-state index in [4.69, 9.17) is 9.47 Å². The monoisotopic (exact) mass is 306 g/mol. The third-order valence-corrected chi connectivity index (χ3v) is 3.94. The number of carbonyl (C=O) groups is 2. The summed E-state index contributed by atoms with van der Waals surface area (Å²) < 4.78 is 10.6. The summed E-state index contributed by atoms with van der Waals surface area (Å²) in [4.78, 5) is 25.4. The lowest BCUT2D eigenvalue weighted by Gasteiger charge is -2.29. The van der Waals surface area contributed by atoms with Gasteiger partial charge < -0.3 is 24.8 Å². The first kappa shape index (κ1) is 14.8. The molecule has 0 bridgehead atoms. The van der Waals surface area contributed by atoms with Crippen molar-refractivity contribution in [3.8, 4) is 5.75 Å². The fourth-order valence-electron chi connectivity index (χ4n) is 2.53. The lowest BCUT2D eigenvalue weighted by atomic mass is 10.1. The summed E-state index contributed by atoms with van der Waals surface area (Å²) in [5.41, 5.74) is 0.964. The van der Waals surface area contributed by atoms with Crippen molar-refractivity contribution in [1.29, 1.82) is 0 Å². The number of carbonyl (C=O) groups excluding carboxylic acids is 2. The number of hydrogen-bond acceptors (Lipinski definition) is 5. The number of anilines is 1. The zero-order chi connectivity index (χ0) is 15.7. The van der Waals surface area contributed by atoms with Crippen molar-refractivity contribution in [3.63, 3.8) is 0 Å². The molecule has 1 saturated heterocycles. The Morgan fingerprint density at radius 1 is 1.45 bits per heavy atom. The van der Waals surface area contributed by atoms with Gasteiger partial charge in [0.2, 0.25) is 0 Å². The van der Waals surface area contributed by atoms with Crippen LogP contribution in [-0.4, -0.2) is 55.9 Å². The van der Waals surface area contributed by atoms with Gasteiger partial charge in [0.1, 0.15) is 5.75 Å². The Labute approximate surface area is 127 Å². The molecule has 1 aromatic carbocycles. The van der Waals surface area contributed by atoms with Crippen molar-refractivity contribution in [1.82, 2.24) is 5.32 Å². The molecule has 2 amide bonds. The SMILES string of the molecule is CN1C(=O)COc2ccc(C(=O)N[C@@H]3COCC[C@H]3O)cc21.